The number of hydrogen-bond acceptors (Lipinski definition) is 4. The number of anilines is 3. The van der Waals surface area contributed by atoms with E-state index in [0.29, 0.717) is 0 Å². The number of fused-ring (bicyclic) bond motifs is 2. The lowest BCUT2D eigenvalue weighted by atomic mass is 10.00. The molecule has 208 valence electrons. The Hall–Kier alpha value is -5.45. The number of aromatic nitrogens is 2. The minimum absolute atomic E-state index is 0.720. The van der Waals surface area contributed by atoms with Gasteiger partial charge in [0.25, 0.3) is 0 Å². The summed E-state index contributed by atoms with van der Waals surface area (Å²) in [7, 11) is 0. The maximum atomic E-state index is 5.05. The number of para-hydroxylation sites is 2. The summed E-state index contributed by atoms with van der Waals surface area (Å²) in [6, 6.07) is 57.3. The first kappa shape index (κ1) is 26.2. The van der Waals surface area contributed by atoms with Crippen LogP contribution in [-0.4, -0.2) is 9.97 Å². The summed E-state index contributed by atoms with van der Waals surface area (Å²) in [5, 5.41) is 0. The van der Waals surface area contributed by atoms with E-state index in [-0.39, 0.29) is 0 Å². The molecule has 0 N–H and O–H groups in total. The fraction of sp³-hybridized carbons (Fsp3) is 0. The topological polar surface area (TPSA) is 29.0 Å². The lowest BCUT2D eigenvalue weighted by Gasteiger charge is -2.33. The number of nitrogens with zero attached hydrogens (tertiary/aromatic N) is 3. The van der Waals surface area contributed by atoms with Gasteiger partial charge in [-0.1, -0.05) is 127 Å². The minimum atomic E-state index is 0.720. The zero-order chi connectivity index (χ0) is 29.3. The van der Waals surface area contributed by atoms with Gasteiger partial charge in [-0.15, -0.1) is 0 Å². The van der Waals surface area contributed by atoms with Crippen LogP contribution >= 0.6 is 11.8 Å². The largest absolute Gasteiger partial charge is 0.308 e. The highest BCUT2D eigenvalue weighted by molar-refractivity contribution is 7.99. The molecule has 0 aliphatic carbocycles. The molecule has 0 amide bonds. The van der Waals surface area contributed by atoms with Crippen molar-refractivity contribution >= 4 is 28.8 Å². The van der Waals surface area contributed by atoms with Gasteiger partial charge in [-0.2, -0.15) is 0 Å². The summed E-state index contributed by atoms with van der Waals surface area (Å²) < 4.78 is 0. The fourth-order valence-electron chi connectivity index (χ4n) is 5.72. The third-order valence-corrected chi connectivity index (χ3v) is 8.97. The Morgan fingerprint density at radius 3 is 1.73 bits per heavy atom. The Morgan fingerprint density at radius 1 is 0.386 bits per heavy atom. The first-order chi connectivity index (χ1) is 21.8. The van der Waals surface area contributed by atoms with Crippen molar-refractivity contribution in [3.8, 4) is 45.0 Å². The van der Waals surface area contributed by atoms with Gasteiger partial charge in [0.1, 0.15) is 0 Å². The van der Waals surface area contributed by atoms with E-state index in [2.05, 4.69) is 132 Å². The monoisotopic (exact) mass is 581 g/mol. The van der Waals surface area contributed by atoms with Crippen LogP contribution in [0.2, 0.25) is 0 Å². The summed E-state index contributed by atoms with van der Waals surface area (Å²) in [5.41, 5.74) is 10.8. The SMILES string of the molecule is c1ccc(-c2cc(-c3cccc(-c4ccc5c(c4)Sc4ccccc4N5c4ccccc4)c3)nc(-c3ccccc3)n2)cc1. The molecule has 0 radical (unpaired) electrons. The van der Waals surface area contributed by atoms with Crippen LogP contribution in [0.1, 0.15) is 0 Å². The van der Waals surface area contributed by atoms with E-state index >= 15 is 0 Å². The smallest absolute Gasteiger partial charge is 0.160 e. The molecule has 0 saturated carbocycles. The van der Waals surface area contributed by atoms with Crippen LogP contribution in [0.25, 0.3) is 45.0 Å². The number of rotatable bonds is 5. The minimum Gasteiger partial charge on any atom is -0.308 e. The quantitative estimate of drug-likeness (QED) is 0.202. The molecule has 0 spiro atoms. The molecule has 1 aliphatic heterocycles. The molecular weight excluding hydrogens is 555 g/mol. The lowest BCUT2D eigenvalue weighted by molar-refractivity contribution is 1.17. The van der Waals surface area contributed by atoms with Crippen molar-refractivity contribution in [1.82, 2.24) is 9.97 Å². The van der Waals surface area contributed by atoms with Crippen LogP contribution in [0, 0.1) is 0 Å². The Balaban J connectivity index is 1.21. The third kappa shape index (κ3) is 4.96. The lowest BCUT2D eigenvalue weighted by Crippen LogP contribution is -2.14. The van der Waals surface area contributed by atoms with E-state index in [0.717, 1.165) is 45.2 Å². The van der Waals surface area contributed by atoms with Gasteiger partial charge < -0.3 is 4.90 Å². The molecule has 0 fully saturated rings. The highest BCUT2D eigenvalue weighted by Gasteiger charge is 2.25. The van der Waals surface area contributed by atoms with Crippen LogP contribution in [-0.2, 0) is 0 Å². The van der Waals surface area contributed by atoms with Gasteiger partial charge in [-0.05, 0) is 59.7 Å². The summed E-state index contributed by atoms with van der Waals surface area (Å²) in [6.07, 6.45) is 0. The van der Waals surface area contributed by atoms with Crippen molar-refractivity contribution < 1.29 is 0 Å². The highest BCUT2D eigenvalue weighted by atomic mass is 32.2. The van der Waals surface area contributed by atoms with Crippen molar-refractivity contribution in [2.75, 3.05) is 4.90 Å². The Morgan fingerprint density at radius 2 is 0.955 bits per heavy atom. The molecule has 0 atom stereocenters. The van der Waals surface area contributed by atoms with Crippen LogP contribution in [0.15, 0.2) is 174 Å². The molecule has 2 heterocycles. The van der Waals surface area contributed by atoms with Crippen molar-refractivity contribution in [2.45, 2.75) is 9.79 Å². The number of benzene rings is 6. The normalized spacial score (nSPS) is 12.0. The third-order valence-electron chi connectivity index (χ3n) is 7.86. The molecule has 1 aromatic heterocycles. The molecule has 8 rings (SSSR count). The van der Waals surface area contributed by atoms with Gasteiger partial charge in [0.05, 0.1) is 22.8 Å². The predicted molar refractivity (Wildman–Crippen MR) is 183 cm³/mol. The van der Waals surface area contributed by atoms with Crippen LogP contribution in [0.5, 0.6) is 0 Å². The molecule has 7 aromatic rings. The van der Waals surface area contributed by atoms with E-state index in [1.54, 1.807) is 0 Å². The number of hydrogen-bond donors (Lipinski definition) is 0. The molecule has 6 aromatic carbocycles. The Bertz CT molecular complexity index is 2040. The van der Waals surface area contributed by atoms with E-state index in [4.69, 9.17) is 9.97 Å². The van der Waals surface area contributed by atoms with E-state index in [1.165, 1.54) is 26.7 Å². The van der Waals surface area contributed by atoms with Gasteiger partial charge >= 0.3 is 0 Å². The maximum Gasteiger partial charge on any atom is 0.160 e. The van der Waals surface area contributed by atoms with Gasteiger partial charge in [-0.3, -0.25) is 0 Å². The zero-order valence-electron chi connectivity index (χ0n) is 23.8. The second-order valence-corrected chi connectivity index (χ2v) is 11.8. The summed E-state index contributed by atoms with van der Waals surface area (Å²) in [5.74, 6) is 0.720. The second-order valence-electron chi connectivity index (χ2n) is 10.7. The van der Waals surface area contributed by atoms with Crippen LogP contribution < -0.4 is 4.90 Å². The van der Waals surface area contributed by atoms with Crippen molar-refractivity contribution in [3.63, 3.8) is 0 Å². The summed E-state index contributed by atoms with van der Waals surface area (Å²) in [6.45, 7) is 0. The standard InChI is InChI=1S/C40H27N3S/c1-4-13-28(14-5-1)34-27-35(42-40(41-34)29-15-6-2-7-16-29)32-18-12-17-30(25-32)31-23-24-37-39(26-31)44-38-22-11-10-21-36(38)43(37)33-19-8-3-9-20-33/h1-27H. The van der Waals surface area contributed by atoms with Gasteiger partial charge in [-0.25, -0.2) is 9.97 Å². The molecular formula is C40H27N3S. The summed E-state index contributed by atoms with van der Waals surface area (Å²) >= 11 is 1.83. The average molecular weight is 582 g/mol. The van der Waals surface area contributed by atoms with Gasteiger partial charge in [0, 0.05) is 32.2 Å². The van der Waals surface area contributed by atoms with Gasteiger partial charge in [0.2, 0.25) is 0 Å². The van der Waals surface area contributed by atoms with E-state index in [9.17, 15) is 0 Å². The molecule has 0 unspecified atom stereocenters. The van der Waals surface area contributed by atoms with Gasteiger partial charge in [0.15, 0.2) is 5.82 Å². The predicted octanol–water partition coefficient (Wildman–Crippen LogP) is 11.1. The Labute approximate surface area is 261 Å². The molecule has 0 bridgehead atoms. The van der Waals surface area contributed by atoms with Crippen LogP contribution in [0.3, 0.4) is 0 Å². The fourth-order valence-corrected chi connectivity index (χ4v) is 6.82. The average Bonchev–Trinajstić information content (AvgIpc) is 3.11. The Kier molecular flexibility index (Phi) is 6.74. The van der Waals surface area contributed by atoms with Crippen LogP contribution in [0.4, 0.5) is 17.1 Å². The molecule has 44 heavy (non-hydrogen) atoms. The molecule has 1 aliphatic rings. The molecule has 0 saturated heterocycles. The second kappa shape index (κ2) is 11.3. The zero-order valence-corrected chi connectivity index (χ0v) is 24.7. The maximum absolute atomic E-state index is 5.05. The first-order valence-electron chi connectivity index (χ1n) is 14.7. The van der Waals surface area contributed by atoms with Crippen molar-refractivity contribution in [2.24, 2.45) is 0 Å². The van der Waals surface area contributed by atoms with Crippen molar-refractivity contribution in [1.29, 1.82) is 0 Å². The molecule has 3 nitrogen and oxygen atoms in total. The van der Waals surface area contributed by atoms with E-state index in [1.807, 2.05) is 48.2 Å². The summed E-state index contributed by atoms with van der Waals surface area (Å²) in [4.78, 5) is 14.9. The van der Waals surface area contributed by atoms with Crippen molar-refractivity contribution in [3.05, 3.63) is 164 Å². The van der Waals surface area contributed by atoms with E-state index < -0.39 is 0 Å². The first-order valence-corrected chi connectivity index (χ1v) is 15.5. The highest BCUT2D eigenvalue weighted by Crippen LogP contribution is 2.52. The molecule has 4 heteroatoms.